The second kappa shape index (κ2) is 14.2. The molecule has 2 aromatic rings. The van der Waals surface area contributed by atoms with Gasteiger partial charge in [-0.1, -0.05) is 71.3 Å². The van der Waals surface area contributed by atoms with Crippen LogP contribution in [0.2, 0.25) is 0 Å². The molecular formula is C30H43NO2. The Bertz CT molecular complexity index is 804. The third-order valence-corrected chi connectivity index (χ3v) is 7.16. The highest BCUT2D eigenvalue weighted by atomic mass is 16.5. The van der Waals surface area contributed by atoms with Gasteiger partial charge in [0, 0.05) is 11.8 Å². The Morgan fingerprint density at radius 3 is 2.21 bits per heavy atom. The van der Waals surface area contributed by atoms with Crippen LogP contribution in [0.5, 0.6) is 5.75 Å². The highest BCUT2D eigenvalue weighted by Crippen LogP contribution is 2.33. The number of aromatic nitrogens is 1. The highest BCUT2D eigenvalue weighted by Gasteiger charge is 2.27. The minimum atomic E-state index is -0.0612. The Morgan fingerprint density at radius 1 is 0.848 bits per heavy atom. The molecule has 180 valence electrons. The van der Waals surface area contributed by atoms with Crippen molar-refractivity contribution in [2.45, 2.75) is 104 Å². The standard InChI is InChI=1S/C30H43NO2/c1-3-5-7-8-9-10-12-25-15-22-29(31-23-25)26-18-20-28(21-19-26)33-30(32)27-16-13-24(14-17-27)11-6-4-2/h15,18-24,27H,3-14,16-17H2,1-2H3. The molecule has 0 atom stereocenters. The molecule has 1 heterocycles. The summed E-state index contributed by atoms with van der Waals surface area (Å²) < 4.78 is 5.70. The number of hydrogen-bond acceptors (Lipinski definition) is 3. The van der Waals surface area contributed by atoms with Gasteiger partial charge in [-0.05, 0) is 80.3 Å². The van der Waals surface area contributed by atoms with Crippen molar-refractivity contribution >= 4 is 5.97 Å². The first-order valence-electron chi connectivity index (χ1n) is 13.5. The molecule has 0 unspecified atom stereocenters. The smallest absolute Gasteiger partial charge is 0.314 e. The van der Waals surface area contributed by atoms with E-state index >= 15 is 0 Å². The van der Waals surface area contributed by atoms with Gasteiger partial charge < -0.3 is 4.74 Å². The van der Waals surface area contributed by atoms with Crippen LogP contribution in [0.15, 0.2) is 42.6 Å². The average molecular weight is 450 g/mol. The van der Waals surface area contributed by atoms with Crippen LogP contribution in [0.1, 0.15) is 103 Å². The van der Waals surface area contributed by atoms with E-state index < -0.39 is 0 Å². The van der Waals surface area contributed by atoms with E-state index in [1.807, 2.05) is 30.5 Å². The minimum absolute atomic E-state index is 0.0587. The van der Waals surface area contributed by atoms with Gasteiger partial charge >= 0.3 is 5.97 Å². The Morgan fingerprint density at radius 2 is 1.55 bits per heavy atom. The lowest BCUT2D eigenvalue weighted by Crippen LogP contribution is -2.25. The van der Waals surface area contributed by atoms with Gasteiger partial charge in [0.25, 0.3) is 0 Å². The summed E-state index contributed by atoms with van der Waals surface area (Å²) in [5.74, 6) is 1.44. The van der Waals surface area contributed by atoms with Gasteiger partial charge in [0.2, 0.25) is 0 Å². The van der Waals surface area contributed by atoms with Crippen molar-refractivity contribution < 1.29 is 9.53 Å². The lowest BCUT2D eigenvalue weighted by molar-refractivity contribution is -0.140. The molecule has 1 aromatic carbocycles. The number of hydrogen-bond donors (Lipinski definition) is 0. The van der Waals surface area contributed by atoms with Crippen LogP contribution < -0.4 is 4.74 Å². The maximum atomic E-state index is 12.6. The molecule has 0 radical (unpaired) electrons. The van der Waals surface area contributed by atoms with E-state index in [1.165, 1.54) is 76.2 Å². The molecule has 1 aliphatic rings. The molecule has 1 fully saturated rings. The zero-order valence-corrected chi connectivity index (χ0v) is 20.9. The molecule has 0 bridgehead atoms. The number of pyridine rings is 1. The molecule has 3 heteroatoms. The van der Waals surface area contributed by atoms with Crippen LogP contribution in [0.4, 0.5) is 0 Å². The van der Waals surface area contributed by atoms with Gasteiger partial charge in [0.15, 0.2) is 0 Å². The minimum Gasteiger partial charge on any atom is -0.426 e. The van der Waals surface area contributed by atoms with E-state index in [2.05, 4.69) is 31.0 Å². The molecule has 0 aliphatic heterocycles. The molecule has 1 aliphatic carbocycles. The number of aryl methyl sites for hydroxylation is 1. The van der Waals surface area contributed by atoms with Crippen LogP contribution in [0.3, 0.4) is 0 Å². The van der Waals surface area contributed by atoms with Crippen LogP contribution >= 0.6 is 0 Å². The van der Waals surface area contributed by atoms with Crippen LogP contribution in [0, 0.1) is 11.8 Å². The first-order chi connectivity index (χ1) is 16.2. The van der Waals surface area contributed by atoms with Gasteiger partial charge in [-0.3, -0.25) is 9.78 Å². The number of esters is 1. The second-order valence-corrected chi connectivity index (χ2v) is 9.87. The van der Waals surface area contributed by atoms with Gasteiger partial charge in [0.1, 0.15) is 5.75 Å². The van der Waals surface area contributed by atoms with Gasteiger partial charge in [0.05, 0.1) is 11.6 Å². The largest absolute Gasteiger partial charge is 0.426 e. The third-order valence-electron chi connectivity index (χ3n) is 7.16. The van der Waals surface area contributed by atoms with E-state index in [-0.39, 0.29) is 11.9 Å². The van der Waals surface area contributed by atoms with Crippen LogP contribution in [-0.2, 0) is 11.2 Å². The van der Waals surface area contributed by atoms with Crippen molar-refractivity contribution in [3.63, 3.8) is 0 Å². The van der Waals surface area contributed by atoms with Crippen molar-refractivity contribution in [3.05, 3.63) is 48.2 Å². The summed E-state index contributed by atoms with van der Waals surface area (Å²) in [5, 5.41) is 0. The lowest BCUT2D eigenvalue weighted by Gasteiger charge is -2.27. The number of carbonyl (C=O) groups is 1. The molecule has 33 heavy (non-hydrogen) atoms. The number of nitrogens with zero attached hydrogens (tertiary/aromatic N) is 1. The van der Waals surface area contributed by atoms with Crippen molar-refractivity contribution in [1.29, 1.82) is 0 Å². The molecule has 1 aromatic heterocycles. The number of ether oxygens (including phenoxy) is 1. The van der Waals surface area contributed by atoms with Crippen LogP contribution in [-0.4, -0.2) is 11.0 Å². The predicted molar refractivity (Wildman–Crippen MR) is 137 cm³/mol. The van der Waals surface area contributed by atoms with E-state index in [0.717, 1.165) is 36.4 Å². The Balaban J connectivity index is 1.43. The normalized spacial score (nSPS) is 18.2. The summed E-state index contributed by atoms with van der Waals surface area (Å²) in [5.41, 5.74) is 3.33. The first kappa shape index (κ1) is 25.5. The fraction of sp³-hybridized carbons (Fsp3) is 0.600. The van der Waals surface area contributed by atoms with E-state index in [9.17, 15) is 4.79 Å². The molecule has 0 spiro atoms. The van der Waals surface area contributed by atoms with E-state index in [0.29, 0.717) is 5.75 Å². The van der Waals surface area contributed by atoms with Gasteiger partial charge in [-0.15, -0.1) is 0 Å². The Kier molecular flexibility index (Phi) is 10.9. The molecule has 0 N–H and O–H groups in total. The lowest BCUT2D eigenvalue weighted by atomic mass is 9.80. The summed E-state index contributed by atoms with van der Waals surface area (Å²) in [6.07, 6.45) is 19.2. The monoisotopic (exact) mass is 449 g/mol. The predicted octanol–water partition coefficient (Wildman–Crippen LogP) is 8.55. The summed E-state index contributed by atoms with van der Waals surface area (Å²) in [6, 6.07) is 12.1. The first-order valence-corrected chi connectivity index (χ1v) is 13.5. The molecule has 0 saturated heterocycles. The average Bonchev–Trinajstić information content (AvgIpc) is 2.86. The number of benzene rings is 1. The third kappa shape index (κ3) is 8.61. The van der Waals surface area contributed by atoms with Gasteiger partial charge in [-0.25, -0.2) is 0 Å². The zero-order chi connectivity index (χ0) is 23.3. The molecule has 0 amide bonds. The Labute approximate surface area is 201 Å². The molecular weight excluding hydrogens is 406 g/mol. The molecule has 3 rings (SSSR count). The number of carbonyl (C=O) groups excluding carboxylic acids is 1. The SMILES string of the molecule is CCCCCCCCc1ccc(-c2ccc(OC(=O)C3CCC(CCCC)CC3)cc2)nc1. The number of unbranched alkanes of at least 4 members (excludes halogenated alkanes) is 6. The number of rotatable bonds is 13. The van der Waals surface area contributed by atoms with E-state index in [4.69, 9.17) is 4.74 Å². The highest BCUT2D eigenvalue weighted by molar-refractivity contribution is 5.75. The molecule has 3 nitrogen and oxygen atoms in total. The van der Waals surface area contributed by atoms with Crippen molar-refractivity contribution in [2.75, 3.05) is 0 Å². The molecule has 1 saturated carbocycles. The fourth-order valence-electron chi connectivity index (χ4n) is 4.93. The zero-order valence-electron chi connectivity index (χ0n) is 20.9. The maximum Gasteiger partial charge on any atom is 0.314 e. The van der Waals surface area contributed by atoms with Crippen molar-refractivity contribution in [1.82, 2.24) is 4.98 Å². The summed E-state index contributed by atoms with van der Waals surface area (Å²) in [7, 11) is 0. The topological polar surface area (TPSA) is 39.2 Å². The summed E-state index contributed by atoms with van der Waals surface area (Å²) in [4.78, 5) is 17.3. The summed E-state index contributed by atoms with van der Waals surface area (Å²) in [6.45, 7) is 4.50. The van der Waals surface area contributed by atoms with Crippen LogP contribution in [0.25, 0.3) is 11.3 Å². The fourth-order valence-corrected chi connectivity index (χ4v) is 4.93. The van der Waals surface area contributed by atoms with E-state index in [1.54, 1.807) is 0 Å². The van der Waals surface area contributed by atoms with Crippen molar-refractivity contribution in [3.8, 4) is 17.0 Å². The summed E-state index contributed by atoms with van der Waals surface area (Å²) >= 11 is 0. The Hall–Kier alpha value is -2.16. The second-order valence-electron chi connectivity index (χ2n) is 9.87. The van der Waals surface area contributed by atoms with Crippen molar-refractivity contribution in [2.24, 2.45) is 11.8 Å². The quantitative estimate of drug-likeness (QED) is 0.175. The van der Waals surface area contributed by atoms with Gasteiger partial charge in [-0.2, -0.15) is 0 Å². The maximum absolute atomic E-state index is 12.6.